The summed E-state index contributed by atoms with van der Waals surface area (Å²) in [4.78, 5) is 16.3. The van der Waals surface area contributed by atoms with Crippen LogP contribution in [0.5, 0.6) is 0 Å². The van der Waals surface area contributed by atoms with E-state index in [1.807, 2.05) is 19.1 Å². The fourth-order valence-electron chi connectivity index (χ4n) is 2.77. The van der Waals surface area contributed by atoms with E-state index in [9.17, 15) is 4.79 Å². The Morgan fingerprint density at radius 1 is 1.52 bits per heavy atom. The third-order valence-electron chi connectivity index (χ3n) is 3.99. The molecule has 0 saturated carbocycles. The molecule has 1 saturated heterocycles. The summed E-state index contributed by atoms with van der Waals surface area (Å²) in [5.41, 5.74) is 2.49. The molecule has 0 aromatic carbocycles. The van der Waals surface area contributed by atoms with Gasteiger partial charge in [-0.2, -0.15) is 0 Å². The molecule has 1 amide bonds. The zero-order valence-electron chi connectivity index (χ0n) is 12.8. The van der Waals surface area contributed by atoms with Gasteiger partial charge in [-0.15, -0.1) is 0 Å². The third kappa shape index (κ3) is 3.71. The molecule has 2 atom stereocenters. The number of ether oxygens (including phenoxy) is 1. The van der Waals surface area contributed by atoms with Gasteiger partial charge in [-0.3, -0.25) is 9.78 Å². The van der Waals surface area contributed by atoms with Gasteiger partial charge in [0.25, 0.3) is 0 Å². The highest BCUT2D eigenvalue weighted by molar-refractivity contribution is 6.29. The number of rotatable bonds is 5. The number of carbonyl (C=O) groups is 1. The number of halogens is 1. The monoisotopic (exact) mass is 335 g/mol. The predicted molar refractivity (Wildman–Crippen MR) is 84.0 cm³/mol. The molecule has 2 aromatic heterocycles. The first-order valence-corrected chi connectivity index (χ1v) is 7.94. The fourth-order valence-corrected chi connectivity index (χ4v) is 3.03. The second-order valence-corrected chi connectivity index (χ2v) is 5.90. The number of amides is 1. The summed E-state index contributed by atoms with van der Waals surface area (Å²) in [7, 11) is 0. The first kappa shape index (κ1) is 16.0. The van der Waals surface area contributed by atoms with Crippen molar-refractivity contribution in [3.05, 3.63) is 46.6 Å². The summed E-state index contributed by atoms with van der Waals surface area (Å²) >= 11 is 5.91. The number of hydrogen-bond donors (Lipinski definition) is 1. The number of aryl methyl sites for hydroxylation is 1. The molecule has 0 aliphatic carbocycles. The quantitative estimate of drug-likeness (QED) is 0.908. The van der Waals surface area contributed by atoms with E-state index in [0.717, 1.165) is 23.2 Å². The Bertz CT molecular complexity index is 655. The van der Waals surface area contributed by atoms with Gasteiger partial charge in [-0.25, -0.2) is 0 Å². The van der Waals surface area contributed by atoms with Crippen LogP contribution in [0.4, 0.5) is 0 Å². The van der Waals surface area contributed by atoms with Crippen molar-refractivity contribution in [1.29, 1.82) is 0 Å². The van der Waals surface area contributed by atoms with Gasteiger partial charge in [0.1, 0.15) is 6.10 Å². The highest BCUT2D eigenvalue weighted by Gasteiger charge is 2.31. The molecule has 7 heteroatoms. The molecule has 23 heavy (non-hydrogen) atoms. The Morgan fingerprint density at radius 2 is 2.39 bits per heavy atom. The van der Waals surface area contributed by atoms with E-state index in [1.54, 1.807) is 12.4 Å². The number of nitrogens with zero attached hydrogens (tertiary/aromatic N) is 2. The number of pyridine rings is 1. The Kier molecular flexibility index (Phi) is 4.93. The molecule has 122 valence electrons. The minimum Gasteiger partial charge on any atom is -0.371 e. The second kappa shape index (κ2) is 7.10. The van der Waals surface area contributed by atoms with E-state index in [-0.39, 0.29) is 23.3 Å². The Hall–Kier alpha value is -1.92. The lowest BCUT2D eigenvalue weighted by atomic mass is 10.0. The van der Waals surface area contributed by atoms with Crippen molar-refractivity contribution < 1.29 is 14.1 Å². The number of hydrogen-bond acceptors (Lipinski definition) is 5. The Balaban J connectivity index is 1.57. The third-order valence-corrected chi connectivity index (χ3v) is 4.29. The van der Waals surface area contributed by atoms with Crippen LogP contribution in [0.15, 0.2) is 29.0 Å². The van der Waals surface area contributed by atoms with Crippen LogP contribution in [0, 0.1) is 6.92 Å². The summed E-state index contributed by atoms with van der Waals surface area (Å²) < 4.78 is 10.6. The van der Waals surface area contributed by atoms with Gasteiger partial charge in [-0.1, -0.05) is 11.2 Å². The van der Waals surface area contributed by atoms with Crippen LogP contribution < -0.4 is 5.32 Å². The topological polar surface area (TPSA) is 77.2 Å². The van der Waals surface area contributed by atoms with Crippen LogP contribution in [0.25, 0.3) is 0 Å². The van der Waals surface area contributed by atoms with Crippen LogP contribution in [-0.4, -0.2) is 28.7 Å². The molecule has 6 nitrogen and oxygen atoms in total. The van der Waals surface area contributed by atoms with E-state index >= 15 is 0 Å². The lowest BCUT2D eigenvalue weighted by Crippen LogP contribution is -2.36. The van der Waals surface area contributed by atoms with Crippen molar-refractivity contribution in [2.24, 2.45) is 0 Å². The molecular formula is C16H18ClN3O3. The van der Waals surface area contributed by atoms with Gasteiger partial charge in [0.05, 0.1) is 11.7 Å². The maximum atomic E-state index is 12.2. The van der Waals surface area contributed by atoms with Crippen LogP contribution >= 0.6 is 11.6 Å². The van der Waals surface area contributed by atoms with Gasteiger partial charge in [0.15, 0.2) is 0 Å². The predicted octanol–water partition coefficient (Wildman–Crippen LogP) is 2.61. The summed E-state index contributed by atoms with van der Waals surface area (Å²) in [6, 6.07) is 3.79. The molecular weight excluding hydrogens is 318 g/mol. The molecule has 2 aromatic rings. The fraction of sp³-hybridized carbons (Fsp3) is 0.438. The van der Waals surface area contributed by atoms with Gasteiger partial charge < -0.3 is 14.6 Å². The molecule has 1 N–H and O–H groups in total. The first-order valence-electron chi connectivity index (χ1n) is 7.56. The highest BCUT2D eigenvalue weighted by atomic mass is 35.5. The van der Waals surface area contributed by atoms with Crippen LogP contribution in [0.1, 0.15) is 35.8 Å². The molecule has 1 aliphatic rings. The average molecular weight is 336 g/mol. The molecule has 3 heterocycles. The largest absolute Gasteiger partial charge is 0.371 e. The van der Waals surface area contributed by atoms with Crippen molar-refractivity contribution >= 4 is 17.5 Å². The van der Waals surface area contributed by atoms with Crippen LogP contribution in [-0.2, 0) is 16.0 Å². The smallest absolute Gasteiger partial charge is 0.229 e. The van der Waals surface area contributed by atoms with E-state index < -0.39 is 0 Å². The SMILES string of the molecule is Cc1noc(Cl)c1CCC(=O)N[C@H]1CCO[C@@H]1c1cccnc1. The molecule has 3 rings (SSSR count). The van der Waals surface area contributed by atoms with Crippen molar-refractivity contribution in [2.45, 2.75) is 38.3 Å². The van der Waals surface area contributed by atoms with Crippen LogP contribution in [0.2, 0.25) is 5.22 Å². The van der Waals surface area contributed by atoms with E-state index in [0.29, 0.717) is 19.4 Å². The summed E-state index contributed by atoms with van der Waals surface area (Å²) in [5.74, 6) is -0.0361. The van der Waals surface area contributed by atoms with E-state index in [1.165, 1.54) is 0 Å². The molecule has 1 fully saturated rings. The van der Waals surface area contributed by atoms with E-state index in [2.05, 4.69) is 15.5 Å². The summed E-state index contributed by atoms with van der Waals surface area (Å²) in [6.07, 6.45) is 4.97. The molecule has 0 radical (unpaired) electrons. The first-order chi connectivity index (χ1) is 11.1. The zero-order chi connectivity index (χ0) is 16.2. The molecule has 0 unspecified atom stereocenters. The molecule has 1 aliphatic heterocycles. The van der Waals surface area contributed by atoms with Gasteiger partial charge in [-0.05, 0) is 37.4 Å². The van der Waals surface area contributed by atoms with E-state index in [4.69, 9.17) is 20.9 Å². The van der Waals surface area contributed by atoms with Gasteiger partial charge in [0.2, 0.25) is 11.1 Å². The second-order valence-electron chi connectivity index (χ2n) is 5.56. The minimum absolute atomic E-state index is 0.0361. The van der Waals surface area contributed by atoms with Crippen LogP contribution in [0.3, 0.4) is 0 Å². The molecule has 0 spiro atoms. The number of aromatic nitrogens is 2. The average Bonchev–Trinajstić information content (AvgIpc) is 3.13. The normalized spacial score (nSPS) is 20.6. The Morgan fingerprint density at radius 3 is 3.09 bits per heavy atom. The number of nitrogens with one attached hydrogen (secondary N) is 1. The minimum atomic E-state index is -0.145. The zero-order valence-corrected chi connectivity index (χ0v) is 13.5. The number of carbonyl (C=O) groups excluding carboxylic acids is 1. The molecule has 0 bridgehead atoms. The van der Waals surface area contributed by atoms with Gasteiger partial charge in [0, 0.05) is 36.5 Å². The standard InChI is InChI=1S/C16H18ClN3O3/c1-10-12(16(17)23-20-10)4-5-14(21)19-13-6-8-22-15(13)11-3-2-7-18-9-11/h2-3,7,9,13,15H,4-6,8H2,1H3,(H,19,21)/t13-,15+/m0/s1. The van der Waals surface area contributed by atoms with Crippen molar-refractivity contribution in [3.8, 4) is 0 Å². The lowest BCUT2D eigenvalue weighted by molar-refractivity contribution is -0.122. The summed E-state index contributed by atoms with van der Waals surface area (Å²) in [6.45, 7) is 2.44. The highest BCUT2D eigenvalue weighted by Crippen LogP contribution is 2.28. The van der Waals surface area contributed by atoms with Crippen molar-refractivity contribution in [2.75, 3.05) is 6.61 Å². The lowest BCUT2D eigenvalue weighted by Gasteiger charge is -2.20. The Labute approximate surface area is 139 Å². The van der Waals surface area contributed by atoms with Crippen molar-refractivity contribution in [1.82, 2.24) is 15.5 Å². The van der Waals surface area contributed by atoms with Crippen molar-refractivity contribution in [3.63, 3.8) is 0 Å². The van der Waals surface area contributed by atoms with Gasteiger partial charge >= 0.3 is 0 Å². The maximum Gasteiger partial charge on any atom is 0.229 e. The summed E-state index contributed by atoms with van der Waals surface area (Å²) in [5, 5.41) is 7.08. The maximum absolute atomic E-state index is 12.2.